The van der Waals surface area contributed by atoms with E-state index < -0.39 is 5.97 Å². The Kier molecular flexibility index (Phi) is 6.51. The van der Waals surface area contributed by atoms with Crippen molar-refractivity contribution in [3.05, 3.63) is 28.0 Å². The highest BCUT2D eigenvalue weighted by molar-refractivity contribution is 9.10. The molecule has 1 heterocycles. The molecule has 140 valence electrons. The molecule has 2 N–H and O–H groups in total. The summed E-state index contributed by atoms with van der Waals surface area (Å²) in [5, 5.41) is 12.0. The number of halogens is 1. The molecule has 0 bridgehead atoms. The fourth-order valence-corrected chi connectivity index (χ4v) is 3.24. The third-order valence-corrected chi connectivity index (χ3v) is 4.40. The quantitative estimate of drug-likeness (QED) is 0.304. The van der Waals surface area contributed by atoms with Crippen molar-refractivity contribution in [2.75, 3.05) is 27.9 Å². The van der Waals surface area contributed by atoms with Gasteiger partial charge in [0.15, 0.2) is 11.5 Å². The van der Waals surface area contributed by atoms with Crippen LogP contribution < -0.4 is 14.2 Å². The Balaban J connectivity index is 2.77. The van der Waals surface area contributed by atoms with Crippen molar-refractivity contribution in [1.29, 1.82) is 0 Å². The minimum absolute atomic E-state index is 0.189. The van der Waals surface area contributed by atoms with E-state index in [2.05, 4.69) is 26.1 Å². The van der Waals surface area contributed by atoms with Gasteiger partial charge >= 0.3 is 5.97 Å². The lowest BCUT2D eigenvalue weighted by Crippen LogP contribution is -2.05. The van der Waals surface area contributed by atoms with Crippen molar-refractivity contribution in [3.8, 4) is 28.4 Å². The average molecular weight is 427 g/mol. The van der Waals surface area contributed by atoms with Gasteiger partial charge in [-0.25, -0.2) is 4.79 Å². The SMILES string of the molecule is CCOC(=O)c1[nH]c(/C=N\O)c(-c2ccc(OC)c(OC)c2OC)c1Br. The maximum atomic E-state index is 12.2. The van der Waals surface area contributed by atoms with Crippen LogP contribution in [0, 0.1) is 0 Å². The van der Waals surface area contributed by atoms with Crippen LogP contribution >= 0.6 is 15.9 Å². The van der Waals surface area contributed by atoms with Crippen molar-refractivity contribution in [1.82, 2.24) is 4.98 Å². The number of carbonyl (C=O) groups excluding carboxylic acids is 1. The van der Waals surface area contributed by atoms with Crippen molar-refractivity contribution in [2.24, 2.45) is 5.16 Å². The van der Waals surface area contributed by atoms with Gasteiger partial charge in [0.2, 0.25) is 5.75 Å². The van der Waals surface area contributed by atoms with Gasteiger partial charge in [-0.05, 0) is 35.0 Å². The number of hydrogen-bond acceptors (Lipinski definition) is 7. The standard InChI is InChI=1S/C17H19BrN2O6/c1-5-26-17(21)14-13(18)12(10(20-14)8-19-22)9-6-7-11(23-2)16(25-4)15(9)24-3/h6-8,20,22H,5H2,1-4H3/b19-8-. The molecule has 9 heteroatoms. The van der Waals surface area contributed by atoms with Crippen LogP contribution in [0.5, 0.6) is 17.2 Å². The molecule has 2 aromatic rings. The molecule has 0 spiro atoms. The molecular formula is C17H19BrN2O6. The average Bonchev–Trinajstić information content (AvgIpc) is 2.96. The Labute approximate surface area is 158 Å². The molecule has 26 heavy (non-hydrogen) atoms. The van der Waals surface area contributed by atoms with Crippen molar-refractivity contribution in [3.63, 3.8) is 0 Å². The summed E-state index contributed by atoms with van der Waals surface area (Å²) in [6.45, 7) is 1.94. The highest BCUT2D eigenvalue weighted by Crippen LogP contribution is 2.47. The van der Waals surface area contributed by atoms with Gasteiger partial charge in [0, 0.05) is 11.1 Å². The monoisotopic (exact) mass is 426 g/mol. The Bertz CT molecular complexity index is 831. The van der Waals surface area contributed by atoms with E-state index in [1.54, 1.807) is 19.1 Å². The molecule has 0 aliphatic carbocycles. The molecule has 1 aromatic heterocycles. The van der Waals surface area contributed by atoms with Crippen molar-refractivity contribution >= 4 is 28.1 Å². The summed E-state index contributed by atoms with van der Waals surface area (Å²) in [5.41, 5.74) is 1.71. The molecule has 0 unspecified atom stereocenters. The second-order valence-corrected chi connectivity index (χ2v) is 5.74. The first kappa shape index (κ1) is 19.6. The number of carbonyl (C=O) groups is 1. The molecule has 0 amide bonds. The topological polar surface area (TPSA) is 102 Å². The smallest absolute Gasteiger partial charge is 0.355 e. The first-order valence-electron chi connectivity index (χ1n) is 7.59. The number of nitrogens with zero attached hydrogens (tertiary/aromatic N) is 1. The number of oxime groups is 1. The third kappa shape index (κ3) is 3.48. The van der Waals surface area contributed by atoms with Gasteiger partial charge in [-0.15, -0.1) is 0 Å². The molecule has 0 saturated heterocycles. The van der Waals surface area contributed by atoms with E-state index in [1.165, 1.54) is 27.5 Å². The van der Waals surface area contributed by atoms with Gasteiger partial charge in [-0.1, -0.05) is 5.16 Å². The van der Waals surface area contributed by atoms with Gasteiger partial charge in [0.05, 0.1) is 44.3 Å². The minimum atomic E-state index is -0.544. The lowest BCUT2D eigenvalue weighted by Gasteiger charge is -2.16. The van der Waals surface area contributed by atoms with Gasteiger partial charge in [0.25, 0.3) is 0 Å². The zero-order valence-electron chi connectivity index (χ0n) is 14.8. The second kappa shape index (κ2) is 8.61. The summed E-state index contributed by atoms with van der Waals surface area (Å²) >= 11 is 3.42. The predicted octanol–water partition coefficient (Wildman–Crippen LogP) is 3.45. The van der Waals surface area contributed by atoms with E-state index >= 15 is 0 Å². The van der Waals surface area contributed by atoms with Crippen molar-refractivity contribution in [2.45, 2.75) is 6.92 Å². The van der Waals surface area contributed by atoms with Crippen LogP contribution in [0.3, 0.4) is 0 Å². The number of aromatic amines is 1. The molecule has 0 saturated carbocycles. The Morgan fingerprint density at radius 1 is 1.23 bits per heavy atom. The van der Waals surface area contributed by atoms with Crippen LogP contribution in [0.15, 0.2) is 21.8 Å². The first-order chi connectivity index (χ1) is 12.5. The highest BCUT2D eigenvalue weighted by Gasteiger charge is 2.26. The fourth-order valence-electron chi connectivity index (χ4n) is 2.56. The van der Waals surface area contributed by atoms with E-state index in [9.17, 15) is 4.79 Å². The largest absolute Gasteiger partial charge is 0.493 e. The van der Waals surface area contributed by atoms with E-state index in [0.29, 0.717) is 38.5 Å². The molecule has 1 aromatic carbocycles. The number of methoxy groups -OCH3 is 3. The summed E-state index contributed by atoms with van der Waals surface area (Å²) in [4.78, 5) is 15.1. The number of esters is 1. The third-order valence-electron chi connectivity index (χ3n) is 3.61. The highest BCUT2D eigenvalue weighted by atomic mass is 79.9. The lowest BCUT2D eigenvalue weighted by molar-refractivity contribution is 0.0519. The van der Waals surface area contributed by atoms with E-state index in [1.807, 2.05) is 0 Å². The Morgan fingerprint density at radius 3 is 2.46 bits per heavy atom. The van der Waals surface area contributed by atoms with Gasteiger partial charge in [-0.3, -0.25) is 0 Å². The summed E-state index contributed by atoms with van der Waals surface area (Å²) in [5.74, 6) is 0.736. The molecule has 0 aliphatic heterocycles. The summed E-state index contributed by atoms with van der Waals surface area (Å²) in [7, 11) is 4.51. The summed E-state index contributed by atoms with van der Waals surface area (Å²) in [6, 6.07) is 3.46. The predicted molar refractivity (Wildman–Crippen MR) is 98.9 cm³/mol. The van der Waals surface area contributed by atoms with E-state index in [0.717, 1.165) is 0 Å². The van der Waals surface area contributed by atoms with Crippen LogP contribution in [-0.4, -0.2) is 50.3 Å². The second-order valence-electron chi connectivity index (χ2n) is 4.95. The van der Waals surface area contributed by atoms with Crippen LogP contribution in [0.25, 0.3) is 11.1 Å². The van der Waals surface area contributed by atoms with Crippen molar-refractivity contribution < 1.29 is 28.9 Å². The molecule has 0 aliphatic rings. The van der Waals surface area contributed by atoms with Crippen LogP contribution in [0.2, 0.25) is 0 Å². The number of aromatic nitrogens is 1. The molecule has 0 fully saturated rings. The lowest BCUT2D eigenvalue weighted by atomic mass is 10.0. The van der Waals surface area contributed by atoms with Crippen LogP contribution in [0.4, 0.5) is 0 Å². The number of ether oxygens (including phenoxy) is 4. The molecule has 0 atom stereocenters. The number of benzene rings is 1. The molecule has 8 nitrogen and oxygen atoms in total. The number of nitrogens with one attached hydrogen (secondary N) is 1. The maximum absolute atomic E-state index is 12.2. The van der Waals surface area contributed by atoms with E-state index in [4.69, 9.17) is 24.2 Å². The normalized spacial score (nSPS) is 10.8. The molecule has 2 rings (SSSR count). The molecule has 0 radical (unpaired) electrons. The molecular weight excluding hydrogens is 408 g/mol. The summed E-state index contributed by atoms with van der Waals surface area (Å²) in [6.07, 6.45) is 1.18. The fraction of sp³-hybridized carbons (Fsp3) is 0.294. The van der Waals surface area contributed by atoms with Crippen LogP contribution in [0.1, 0.15) is 23.1 Å². The zero-order chi connectivity index (χ0) is 19.3. The van der Waals surface area contributed by atoms with Gasteiger partial charge < -0.3 is 29.1 Å². The summed E-state index contributed by atoms with van der Waals surface area (Å²) < 4.78 is 21.7. The van der Waals surface area contributed by atoms with E-state index in [-0.39, 0.29) is 12.3 Å². The van der Waals surface area contributed by atoms with Crippen LogP contribution in [-0.2, 0) is 4.74 Å². The number of H-pyrrole nitrogens is 1. The zero-order valence-corrected chi connectivity index (χ0v) is 16.3. The first-order valence-corrected chi connectivity index (χ1v) is 8.38. The number of rotatable bonds is 7. The minimum Gasteiger partial charge on any atom is -0.493 e. The Hall–Kier alpha value is -2.68. The van der Waals surface area contributed by atoms with Gasteiger partial charge in [-0.2, -0.15) is 0 Å². The van der Waals surface area contributed by atoms with Gasteiger partial charge in [0.1, 0.15) is 5.69 Å². The Morgan fingerprint density at radius 2 is 1.92 bits per heavy atom. The number of hydrogen-bond donors (Lipinski definition) is 2. The maximum Gasteiger partial charge on any atom is 0.355 e.